The number of hydrogen-bond acceptors (Lipinski definition) is 6. The molecule has 0 aliphatic carbocycles. The third-order valence-corrected chi connectivity index (χ3v) is 6.87. The van der Waals surface area contributed by atoms with Crippen LogP contribution in [0.5, 0.6) is 0 Å². The molecule has 0 bridgehead atoms. The topological polar surface area (TPSA) is 96.4 Å². The zero-order chi connectivity index (χ0) is 22.3. The summed E-state index contributed by atoms with van der Waals surface area (Å²) in [5.41, 5.74) is 2.15. The number of benzene rings is 1. The summed E-state index contributed by atoms with van der Waals surface area (Å²) in [5.74, 6) is -0.242. The standard InChI is InChI=1S/C22H25N3O5S/c1-14-13-24(22(27)21-5-4-10-30-21)20-11-16(6-9-19(20)25(14)15(2)26)18-8-7-17(12-23-18)31(3,28)29/h4,6-7,9-12,14,18,21H,5,8,13H2,1-3H3/t14-,18?,21?/m0/s1. The summed E-state index contributed by atoms with van der Waals surface area (Å²) in [6.45, 7) is 3.79. The zero-order valence-electron chi connectivity index (χ0n) is 17.7. The molecule has 0 N–H and O–H groups in total. The molecule has 31 heavy (non-hydrogen) atoms. The van der Waals surface area contributed by atoms with Crippen LogP contribution in [0.15, 0.2) is 46.5 Å². The van der Waals surface area contributed by atoms with Crippen LogP contribution in [0.25, 0.3) is 0 Å². The number of ether oxygens (including phenoxy) is 1. The van der Waals surface area contributed by atoms with Gasteiger partial charge in [-0.25, -0.2) is 8.42 Å². The number of amides is 2. The number of allylic oxidation sites excluding steroid dienone is 1. The lowest BCUT2D eigenvalue weighted by Crippen LogP contribution is -2.53. The number of aliphatic imine (C=N–C) groups is 1. The van der Waals surface area contributed by atoms with Crippen LogP contribution in [0.4, 0.5) is 11.4 Å². The Morgan fingerprint density at radius 2 is 1.97 bits per heavy atom. The van der Waals surface area contributed by atoms with Crippen LogP contribution in [0, 0.1) is 0 Å². The van der Waals surface area contributed by atoms with Crippen molar-refractivity contribution in [2.45, 2.75) is 44.9 Å². The molecular weight excluding hydrogens is 418 g/mol. The average molecular weight is 444 g/mol. The van der Waals surface area contributed by atoms with Crippen LogP contribution in [0.1, 0.15) is 38.3 Å². The van der Waals surface area contributed by atoms with Crippen molar-refractivity contribution >= 4 is 39.2 Å². The second-order valence-electron chi connectivity index (χ2n) is 8.08. The number of carbonyl (C=O) groups is 2. The van der Waals surface area contributed by atoms with E-state index in [0.717, 1.165) is 11.8 Å². The Kier molecular flexibility index (Phi) is 5.47. The van der Waals surface area contributed by atoms with Crippen LogP contribution in [0.2, 0.25) is 0 Å². The number of fused-ring (bicyclic) bond motifs is 1. The predicted octanol–water partition coefficient (Wildman–Crippen LogP) is 2.52. The molecule has 0 fully saturated rings. The molecule has 4 rings (SSSR count). The molecule has 3 aliphatic rings. The van der Waals surface area contributed by atoms with E-state index in [1.807, 2.05) is 31.2 Å². The molecule has 3 atom stereocenters. The van der Waals surface area contributed by atoms with Gasteiger partial charge >= 0.3 is 0 Å². The zero-order valence-corrected chi connectivity index (χ0v) is 18.5. The highest BCUT2D eigenvalue weighted by atomic mass is 32.2. The Labute approximate surface area is 181 Å². The van der Waals surface area contributed by atoms with Gasteiger partial charge in [0, 0.05) is 32.4 Å². The third-order valence-electron chi connectivity index (χ3n) is 5.74. The van der Waals surface area contributed by atoms with Crippen molar-refractivity contribution < 1.29 is 22.7 Å². The van der Waals surface area contributed by atoms with Crippen molar-refractivity contribution in [3.63, 3.8) is 0 Å². The fraction of sp³-hybridized carbons (Fsp3) is 0.409. The van der Waals surface area contributed by atoms with Gasteiger partial charge in [-0.1, -0.05) is 12.1 Å². The summed E-state index contributed by atoms with van der Waals surface area (Å²) in [5, 5.41) is 0. The van der Waals surface area contributed by atoms with Crippen LogP contribution in [0.3, 0.4) is 0 Å². The first kappa shape index (κ1) is 21.3. The van der Waals surface area contributed by atoms with E-state index in [1.165, 1.54) is 19.4 Å². The molecule has 0 radical (unpaired) electrons. The summed E-state index contributed by atoms with van der Waals surface area (Å²) in [6.07, 6.45) is 7.95. The van der Waals surface area contributed by atoms with E-state index in [1.54, 1.807) is 15.9 Å². The van der Waals surface area contributed by atoms with Crippen molar-refractivity contribution in [3.05, 3.63) is 47.1 Å². The van der Waals surface area contributed by atoms with Crippen molar-refractivity contribution in [1.29, 1.82) is 0 Å². The van der Waals surface area contributed by atoms with Crippen molar-refractivity contribution in [1.82, 2.24) is 0 Å². The average Bonchev–Trinajstić information content (AvgIpc) is 3.26. The van der Waals surface area contributed by atoms with E-state index in [-0.39, 0.29) is 28.8 Å². The SMILES string of the molecule is CC(=O)N1c2ccc(C3CC=C(S(C)(=O)=O)C=N3)cc2N(C(=O)C2CC=CO2)C[C@@H]1C. The highest BCUT2D eigenvalue weighted by molar-refractivity contribution is 7.95. The van der Waals surface area contributed by atoms with Crippen LogP contribution in [-0.2, 0) is 24.2 Å². The Hall–Kier alpha value is -2.94. The summed E-state index contributed by atoms with van der Waals surface area (Å²) in [7, 11) is -3.30. The number of rotatable bonds is 3. The highest BCUT2D eigenvalue weighted by Crippen LogP contribution is 2.40. The second kappa shape index (κ2) is 7.96. The van der Waals surface area contributed by atoms with E-state index in [9.17, 15) is 18.0 Å². The monoisotopic (exact) mass is 443 g/mol. The molecule has 9 heteroatoms. The van der Waals surface area contributed by atoms with Gasteiger partial charge in [0.2, 0.25) is 5.91 Å². The fourth-order valence-corrected chi connectivity index (χ4v) is 4.88. The van der Waals surface area contributed by atoms with Crippen molar-refractivity contribution in [2.24, 2.45) is 4.99 Å². The molecule has 0 spiro atoms. The molecule has 3 aliphatic heterocycles. The van der Waals surface area contributed by atoms with E-state index in [2.05, 4.69) is 4.99 Å². The highest BCUT2D eigenvalue weighted by Gasteiger charge is 2.37. The number of carbonyl (C=O) groups excluding carboxylic acids is 2. The van der Waals surface area contributed by atoms with Gasteiger partial charge in [-0.2, -0.15) is 0 Å². The summed E-state index contributed by atoms with van der Waals surface area (Å²) >= 11 is 0. The molecular formula is C22H25N3O5S. The summed E-state index contributed by atoms with van der Waals surface area (Å²) < 4.78 is 28.9. The van der Waals surface area contributed by atoms with E-state index in [0.29, 0.717) is 30.8 Å². The molecule has 164 valence electrons. The smallest absolute Gasteiger partial charge is 0.268 e. The van der Waals surface area contributed by atoms with Gasteiger partial charge in [0.25, 0.3) is 5.91 Å². The lowest BCUT2D eigenvalue weighted by Gasteiger charge is -2.41. The first-order valence-electron chi connectivity index (χ1n) is 10.2. The fourth-order valence-electron chi connectivity index (χ4n) is 4.23. The molecule has 8 nitrogen and oxygen atoms in total. The number of sulfone groups is 1. The van der Waals surface area contributed by atoms with Crippen molar-refractivity contribution in [3.8, 4) is 0 Å². The largest absolute Gasteiger partial charge is 0.488 e. The van der Waals surface area contributed by atoms with Crippen LogP contribution < -0.4 is 9.80 Å². The van der Waals surface area contributed by atoms with Gasteiger partial charge in [0.05, 0.1) is 34.6 Å². The Morgan fingerprint density at radius 1 is 1.19 bits per heavy atom. The first-order chi connectivity index (χ1) is 14.7. The van der Waals surface area contributed by atoms with E-state index in [4.69, 9.17) is 4.74 Å². The normalized spacial score (nSPS) is 25.1. The van der Waals surface area contributed by atoms with Crippen LogP contribution in [-0.4, -0.2) is 51.4 Å². The van der Waals surface area contributed by atoms with Gasteiger partial charge in [0.1, 0.15) is 0 Å². The van der Waals surface area contributed by atoms with Gasteiger partial charge < -0.3 is 14.5 Å². The predicted molar refractivity (Wildman–Crippen MR) is 119 cm³/mol. The van der Waals surface area contributed by atoms with E-state index < -0.39 is 15.9 Å². The maximum absolute atomic E-state index is 13.2. The molecule has 0 aromatic heterocycles. The van der Waals surface area contributed by atoms with Gasteiger partial charge in [-0.3, -0.25) is 14.6 Å². The Bertz CT molecular complexity index is 1110. The van der Waals surface area contributed by atoms with Crippen molar-refractivity contribution in [2.75, 3.05) is 22.6 Å². The molecule has 0 saturated heterocycles. The molecule has 2 amide bonds. The molecule has 1 aromatic rings. The first-order valence-corrected chi connectivity index (χ1v) is 12.0. The van der Waals surface area contributed by atoms with Crippen LogP contribution >= 0.6 is 0 Å². The maximum atomic E-state index is 13.2. The minimum atomic E-state index is -3.30. The molecule has 2 unspecified atom stereocenters. The lowest BCUT2D eigenvalue weighted by molar-refractivity contribution is -0.126. The quantitative estimate of drug-likeness (QED) is 0.715. The third kappa shape index (κ3) is 4.01. The second-order valence-corrected chi connectivity index (χ2v) is 10.1. The number of dihydropyridines is 1. The Morgan fingerprint density at radius 3 is 2.55 bits per heavy atom. The molecule has 1 aromatic carbocycles. The van der Waals surface area contributed by atoms with Gasteiger partial charge in [-0.15, -0.1) is 0 Å². The summed E-state index contributed by atoms with van der Waals surface area (Å²) in [6, 6.07) is 5.15. The Balaban J connectivity index is 1.70. The maximum Gasteiger partial charge on any atom is 0.268 e. The van der Waals surface area contributed by atoms with Gasteiger partial charge in [0.15, 0.2) is 15.9 Å². The lowest BCUT2D eigenvalue weighted by atomic mass is 9.98. The van der Waals surface area contributed by atoms with E-state index >= 15 is 0 Å². The number of hydrogen-bond donors (Lipinski definition) is 0. The number of nitrogens with zero attached hydrogens (tertiary/aromatic N) is 3. The summed E-state index contributed by atoms with van der Waals surface area (Å²) in [4.78, 5) is 33.5. The molecule has 0 saturated carbocycles. The van der Waals surface area contributed by atoms with Gasteiger partial charge in [-0.05, 0) is 37.1 Å². The minimum absolute atomic E-state index is 0.0937. The number of anilines is 2. The molecule has 3 heterocycles. The minimum Gasteiger partial charge on any atom is -0.488 e.